The molecule has 0 spiro atoms. The van der Waals surface area contributed by atoms with Crippen LogP contribution < -0.4 is 4.74 Å². The number of benzene rings is 2. The van der Waals surface area contributed by atoms with Crippen molar-refractivity contribution >= 4 is 5.91 Å². The van der Waals surface area contributed by atoms with Gasteiger partial charge in [0.05, 0.1) is 19.3 Å². The van der Waals surface area contributed by atoms with Crippen LogP contribution in [0, 0.1) is 5.82 Å². The molecule has 0 aromatic heterocycles. The number of halogens is 1. The Hall–Kier alpha value is -2.40. The van der Waals surface area contributed by atoms with E-state index in [9.17, 15) is 9.18 Å². The van der Waals surface area contributed by atoms with Gasteiger partial charge in [-0.3, -0.25) is 4.79 Å². The fraction of sp³-hybridized carbons (Fsp3) is 0.409. The third-order valence-corrected chi connectivity index (χ3v) is 4.67. The Balaban J connectivity index is 1.83. The summed E-state index contributed by atoms with van der Waals surface area (Å²) in [5.41, 5.74) is 1.94. The van der Waals surface area contributed by atoms with Crippen molar-refractivity contribution in [1.29, 1.82) is 0 Å². The van der Waals surface area contributed by atoms with Gasteiger partial charge in [-0.2, -0.15) is 0 Å². The molecule has 4 nitrogen and oxygen atoms in total. The van der Waals surface area contributed by atoms with E-state index in [1.54, 1.807) is 12.1 Å². The summed E-state index contributed by atoms with van der Waals surface area (Å²) in [4.78, 5) is 14.6. The van der Waals surface area contributed by atoms with E-state index in [1.807, 2.05) is 43.0 Å². The van der Waals surface area contributed by atoms with Crippen molar-refractivity contribution in [2.45, 2.75) is 32.3 Å². The molecule has 3 rings (SSSR count). The number of nitrogens with zero attached hydrogens (tertiary/aromatic N) is 1. The van der Waals surface area contributed by atoms with E-state index in [0.717, 1.165) is 16.9 Å². The van der Waals surface area contributed by atoms with Crippen LogP contribution >= 0.6 is 0 Å². The molecule has 0 N–H and O–H groups in total. The minimum absolute atomic E-state index is 0.0927. The van der Waals surface area contributed by atoms with E-state index in [4.69, 9.17) is 9.47 Å². The SMILES string of the molecule is CC(C)Oc1ccc(C(CC(=O)N2CCOCC2)c2ccc(F)cc2)cc1. The first-order chi connectivity index (χ1) is 13.0. The summed E-state index contributed by atoms with van der Waals surface area (Å²) in [6, 6.07) is 14.2. The number of carbonyl (C=O) groups excluding carboxylic acids is 1. The smallest absolute Gasteiger partial charge is 0.223 e. The molecule has 1 unspecified atom stereocenters. The summed E-state index contributed by atoms with van der Waals surface area (Å²) in [5, 5.41) is 0. The Morgan fingerprint density at radius 3 is 2.15 bits per heavy atom. The molecule has 1 atom stereocenters. The van der Waals surface area contributed by atoms with Crippen molar-refractivity contribution in [1.82, 2.24) is 4.90 Å². The Bertz CT molecular complexity index is 737. The maximum Gasteiger partial charge on any atom is 0.223 e. The molecule has 27 heavy (non-hydrogen) atoms. The van der Waals surface area contributed by atoms with Crippen molar-refractivity contribution in [2.75, 3.05) is 26.3 Å². The molecule has 1 aliphatic rings. The molecule has 0 bridgehead atoms. The zero-order valence-electron chi connectivity index (χ0n) is 15.9. The molecule has 144 valence electrons. The molecule has 1 aliphatic heterocycles. The molecular weight excluding hydrogens is 345 g/mol. The van der Waals surface area contributed by atoms with Gasteiger partial charge in [-0.05, 0) is 49.2 Å². The lowest BCUT2D eigenvalue weighted by Gasteiger charge is -2.29. The molecule has 1 amide bonds. The van der Waals surface area contributed by atoms with Crippen molar-refractivity contribution < 1.29 is 18.7 Å². The van der Waals surface area contributed by atoms with Crippen LogP contribution in [-0.4, -0.2) is 43.2 Å². The maximum atomic E-state index is 13.4. The topological polar surface area (TPSA) is 38.8 Å². The Kier molecular flexibility index (Phi) is 6.45. The standard InChI is InChI=1S/C22H26FNO3/c1-16(2)27-20-9-5-18(6-10-20)21(17-3-7-19(23)8-4-17)15-22(25)24-11-13-26-14-12-24/h3-10,16,21H,11-15H2,1-2H3. The van der Waals surface area contributed by atoms with E-state index in [-0.39, 0.29) is 23.7 Å². The average molecular weight is 371 g/mol. The molecule has 0 aliphatic carbocycles. The summed E-state index contributed by atoms with van der Waals surface area (Å²) >= 11 is 0. The highest BCUT2D eigenvalue weighted by molar-refractivity contribution is 5.78. The highest BCUT2D eigenvalue weighted by atomic mass is 19.1. The number of ether oxygens (including phenoxy) is 2. The minimum atomic E-state index is -0.280. The van der Waals surface area contributed by atoms with Gasteiger partial charge in [0.2, 0.25) is 5.91 Å². The van der Waals surface area contributed by atoms with Crippen molar-refractivity contribution in [3.8, 4) is 5.75 Å². The lowest BCUT2D eigenvalue weighted by atomic mass is 9.88. The van der Waals surface area contributed by atoms with Crippen LogP contribution in [0.25, 0.3) is 0 Å². The van der Waals surface area contributed by atoms with Crippen LogP contribution in [0.5, 0.6) is 5.75 Å². The normalized spacial score (nSPS) is 15.6. The molecule has 0 saturated carbocycles. The van der Waals surface area contributed by atoms with E-state index in [0.29, 0.717) is 32.7 Å². The van der Waals surface area contributed by atoms with Crippen LogP contribution in [-0.2, 0) is 9.53 Å². The summed E-state index contributed by atoms with van der Waals surface area (Å²) in [6.45, 7) is 6.36. The van der Waals surface area contributed by atoms with Crippen LogP contribution in [0.2, 0.25) is 0 Å². The van der Waals surface area contributed by atoms with E-state index >= 15 is 0 Å². The molecule has 2 aromatic carbocycles. The van der Waals surface area contributed by atoms with E-state index in [1.165, 1.54) is 12.1 Å². The molecular formula is C22H26FNO3. The molecule has 1 fully saturated rings. The fourth-order valence-electron chi connectivity index (χ4n) is 3.29. The summed E-state index contributed by atoms with van der Waals surface area (Å²) in [5.74, 6) is 0.480. The predicted molar refractivity (Wildman–Crippen MR) is 102 cm³/mol. The van der Waals surface area contributed by atoms with Crippen molar-refractivity contribution in [3.05, 3.63) is 65.5 Å². The summed E-state index contributed by atoms with van der Waals surface area (Å²) in [7, 11) is 0. The van der Waals surface area contributed by atoms with Gasteiger partial charge < -0.3 is 14.4 Å². The first-order valence-corrected chi connectivity index (χ1v) is 9.40. The quantitative estimate of drug-likeness (QED) is 0.771. The van der Waals surface area contributed by atoms with Gasteiger partial charge in [-0.1, -0.05) is 24.3 Å². The molecule has 1 saturated heterocycles. The van der Waals surface area contributed by atoms with Gasteiger partial charge >= 0.3 is 0 Å². The lowest BCUT2D eigenvalue weighted by Crippen LogP contribution is -2.41. The number of amides is 1. The molecule has 2 aromatic rings. The van der Waals surface area contributed by atoms with Crippen LogP contribution in [0.15, 0.2) is 48.5 Å². The second-order valence-corrected chi connectivity index (χ2v) is 7.04. The predicted octanol–water partition coefficient (Wildman–Crippen LogP) is 3.99. The van der Waals surface area contributed by atoms with Crippen LogP contribution in [0.1, 0.15) is 37.3 Å². The van der Waals surface area contributed by atoms with Gasteiger partial charge in [-0.25, -0.2) is 4.39 Å². The molecule has 1 heterocycles. The average Bonchev–Trinajstić information content (AvgIpc) is 2.68. The summed E-state index contributed by atoms with van der Waals surface area (Å²) < 4.78 is 24.4. The van der Waals surface area contributed by atoms with Crippen LogP contribution in [0.3, 0.4) is 0 Å². The third kappa shape index (κ3) is 5.30. The minimum Gasteiger partial charge on any atom is -0.491 e. The Morgan fingerprint density at radius 2 is 1.59 bits per heavy atom. The second-order valence-electron chi connectivity index (χ2n) is 7.04. The number of morpholine rings is 1. The second kappa shape index (κ2) is 9.00. The first kappa shape index (κ1) is 19.4. The zero-order valence-corrected chi connectivity index (χ0v) is 15.9. The maximum absolute atomic E-state index is 13.4. The molecule has 0 radical (unpaired) electrons. The van der Waals surface area contributed by atoms with Gasteiger partial charge in [0.1, 0.15) is 11.6 Å². The van der Waals surface area contributed by atoms with Crippen molar-refractivity contribution in [2.24, 2.45) is 0 Å². The number of carbonyl (C=O) groups is 1. The van der Waals surface area contributed by atoms with E-state index in [2.05, 4.69) is 0 Å². The first-order valence-electron chi connectivity index (χ1n) is 9.40. The highest BCUT2D eigenvalue weighted by Gasteiger charge is 2.23. The van der Waals surface area contributed by atoms with Crippen molar-refractivity contribution in [3.63, 3.8) is 0 Å². The lowest BCUT2D eigenvalue weighted by molar-refractivity contribution is -0.135. The number of rotatable bonds is 6. The van der Waals surface area contributed by atoms with Gasteiger partial charge in [0.25, 0.3) is 0 Å². The third-order valence-electron chi connectivity index (χ3n) is 4.67. The monoisotopic (exact) mass is 371 g/mol. The van der Waals surface area contributed by atoms with Gasteiger partial charge in [0.15, 0.2) is 0 Å². The zero-order chi connectivity index (χ0) is 19.2. The Morgan fingerprint density at radius 1 is 1.04 bits per heavy atom. The number of hydrogen-bond acceptors (Lipinski definition) is 3. The largest absolute Gasteiger partial charge is 0.491 e. The summed E-state index contributed by atoms with van der Waals surface area (Å²) in [6.07, 6.45) is 0.447. The highest BCUT2D eigenvalue weighted by Crippen LogP contribution is 2.30. The van der Waals surface area contributed by atoms with Gasteiger partial charge in [-0.15, -0.1) is 0 Å². The fourth-order valence-corrected chi connectivity index (χ4v) is 3.29. The van der Waals surface area contributed by atoms with Gasteiger partial charge in [0, 0.05) is 25.4 Å². The van der Waals surface area contributed by atoms with Crippen LogP contribution in [0.4, 0.5) is 4.39 Å². The van der Waals surface area contributed by atoms with E-state index < -0.39 is 0 Å². The number of hydrogen-bond donors (Lipinski definition) is 0. The Labute approximate surface area is 159 Å². The molecule has 5 heteroatoms.